The van der Waals surface area contributed by atoms with Crippen molar-refractivity contribution in [2.75, 3.05) is 6.54 Å². The van der Waals surface area contributed by atoms with Crippen molar-refractivity contribution >= 4 is 24.2 Å². The van der Waals surface area contributed by atoms with Gasteiger partial charge >= 0.3 is 6.09 Å². The predicted octanol–water partition coefficient (Wildman–Crippen LogP) is 2.66. The van der Waals surface area contributed by atoms with Gasteiger partial charge < -0.3 is 20.6 Å². The van der Waals surface area contributed by atoms with E-state index in [1.54, 1.807) is 20.8 Å². The van der Waals surface area contributed by atoms with E-state index in [9.17, 15) is 19.2 Å². The first-order chi connectivity index (χ1) is 18.1. The second-order valence-electron chi connectivity index (χ2n) is 10.2. The summed E-state index contributed by atoms with van der Waals surface area (Å²) in [6.45, 7) is 5.68. The van der Waals surface area contributed by atoms with Gasteiger partial charge in [0.1, 0.15) is 17.9 Å². The Kier molecular flexibility index (Phi) is 12.6. The number of nitrogens with one attached hydrogen (secondary N) is 3. The fraction of sp³-hybridized carbons (Fsp3) is 0.448. The number of carbonyl (C=O) groups is 4. The van der Waals surface area contributed by atoms with Crippen molar-refractivity contribution in [3.8, 4) is 0 Å². The SMILES string of the molecule is CC(C)(C)OC(=O)N[C@H](Cc1ccccc1)C(=O)NC(=O)[C@H](Cc1ccccc1)N[C@H](C=O)CCCCN. The van der Waals surface area contributed by atoms with Crippen LogP contribution in [0.15, 0.2) is 60.7 Å². The Hall–Kier alpha value is -3.56. The molecule has 0 spiro atoms. The quantitative estimate of drug-likeness (QED) is 0.220. The number of imide groups is 1. The fourth-order valence-corrected chi connectivity index (χ4v) is 3.84. The van der Waals surface area contributed by atoms with Crippen LogP contribution in [0, 0.1) is 0 Å². The highest BCUT2D eigenvalue weighted by Gasteiger charge is 2.29. The third kappa shape index (κ3) is 11.7. The summed E-state index contributed by atoms with van der Waals surface area (Å²) in [5.41, 5.74) is 6.48. The molecule has 0 radical (unpaired) electrons. The number of amides is 3. The Balaban J connectivity index is 2.19. The molecular formula is C29H40N4O5. The summed E-state index contributed by atoms with van der Waals surface area (Å²) in [4.78, 5) is 50.8. The summed E-state index contributed by atoms with van der Waals surface area (Å²) >= 11 is 0. The molecule has 0 unspecified atom stereocenters. The van der Waals surface area contributed by atoms with Crippen molar-refractivity contribution in [2.24, 2.45) is 5.73 Å². The third-order valence-electron chi connectivity index (χ3n) is 5.68. The number of aldehydes is 1. The molecule has 3 atom stereocenters. The van der Waals surface area contributed by atoms with Gasteiger partial charge in [-0.2, -0.15) is 0 Å². The lowest BCUT2D eigenvalue weighted by atomic mass is 10.0. The van der Waals surface area contributed by atoms with Gasteiger partial charge in [-0.3, -0.25) is 20.2 Å². The summed E-state index contributed by atoms with van der Waals surface area (Å²) in [5, 5.41) is 8.12. The smallest absolute Gasteiger partial charge is 0.408 e. The first-order valence-electron chi connectivity index (χ1n) is 12.9. The van der Waals surface area contributed by atoms with E-state index in [0.717, 1.165) is 30.3 Å². The molecule has 0 heterocycles. The highest BCUT2D eigenvalue weighted by atomic mass is 16.6. The van der Waals surface area contributed by atoms with Gasteiger partial charge in [0.15, 0.2) is 0 Å². The lowest BCUT2D eigenvalue weighted by molar-refractivity contribution is -0.133. The van der Waals surface area contributed by atoms with Crippen LogP contribution in [-0.4, -0.2) is 54.5 Å². The second kappa shape index (κ2) is 15.6. The molecule has 9 heteroatoms. The molecule has 2 aromatic carbocycles. The molecule has 38 heavy (non-hydrogen) atoms. The minimum absolute atomic E-state index is 0.159. The monoisotopic (exact) mass is 524 g/mol. The van der Waals surface area contributed by atoms with E-state index in [4.69, 9.17) is 10.5 Å². The maximum absolute atomic E-state index is 13.3. The standard InChI is InChI=1S/C29H40N4O5/c1-29(2,3)38-28(37)32-25(19-22-14-8-5-9-15-22)27(36)33-26(35)24(18-21-12-6-4-7-13-21)31-23(20-34)16-10-11-17-30/h4-9,12-15,20,23-25,31H,10-11,16-19,30H2,1-3H3,(H,32,37)(H,33,35,36)/t23-,24-,25+/m0/s1. The zero-order valence-electron chi connectivity index (χ0n) is 22.4. The van der Waals surface area contributed by atoms with Crippen molar-refractivity contribution in [1.29, 1.82) is 0 Å². The normalized spacial score (nSPS) is 13.6. The first kappa shape index (κ1) is 30.7. The van der Waals surface area contributed by atoms with E-state index in [2.05, 4.69) is 16.0 Å². The van der Waals surface area contributed by atoms with Crippen molar-refractivity contribution in [3.05, 3.63) is 71.8 Å². The zero-order valence-corrected chi connectivity index (χ0v) is 22.4. The van der Waals surface area contributed by atoms with Crippen LogP contribution in [-0.2, 0) is 32.0 Å². The minimum atomic E-state index is -1.06. The number of hydrogen-bond donors (Lipinski definition) is 4. The Morgan fingerprint density at radius 1 is 0.868 bits per heavy atom. The third-order valence-corrected chi connectivity index (χ3v) is 5.68. The van der Waals surface area contributed by atoms with E-state index in [0.29, 0.717) is 13.0 Å². The molecule has 0 bridgehead atoms. The summed E-state index contributed by atoms with van der Waals surface area (Å²) in [6, 6.07) is 16.0. The van der Waals surface area contributed by atoms with Crippen LogP contribution in [0.1, 0.15) is 51.2 Å². The molecule has 0 aliphatic carbocycles. The summed E-state index contributed by atoms with van der Waals surface area (Å²) in [7, 11) is 0. The molecule has 0 saturated heterocycles. The second-order valence-corrected chi connectivity index (χ2v) is 10.2. The minimum Gasteiger partial charge on any atom is -0.444 e. The molecule has 2 rings (SSSR count). The van der Waals surface area contributed by atoms with Gasteiger partial charge in [-0.05, 0) is 57.7 Å². The molecule has 0 fully saturated rings. The average molecular weight is 525 g/mol. The number of ether oxygens (including phenoxy) is 1. The maximum atomic E-state index is 13.3. The van der Waals surface area contributed by atoms with E-state index in [1.165, 1.54) is 0 Å². The van der Waals surface area contributed by atoms with E-state index in [-0.39, 0.29) is 12.8 Å². The van der Waals surface area contributed by atoms with Gasteiger partial charge in [0.2, 0.25) is 11.8 Å². The highest BCUT2D eigenvalue weighted by molar-refractivity contribution is 6.01. The van der Waals surface area contributed by atoms with Crippen molar-refractivity contribution < 1.29 is 23.9 Å². The number of alkyl carbamates (subject to hydrolysis) is 1. The van der Waals surface area contributed by atoms with E-state index in [1.807, 2.05) is 60.7 Å². The van der Waals surface area contributed by atoms with Crippen LogP contribution < -0.4 is 21.7 Å². The van der Waals surface area contributed by atoms with Gasteiger partial charge in [-0.1, -0.05) is 67.1 Å². The van der Waals surface area contributed by atoms with Crippen LogP contribution in [0.4, 0.5) is 4.79 Å². The topological polar surface area (TPSA) is 140 Å². The van der Waals surface area contributed by atoms with Crippen molar-refractivity contribution in [1.82, 2.24) is 16.0 Å². The molecular weight excluding hydrogens is 484 g/mol. The van der Waals surface area contributed by atoms with Crippen LogP contribution in [0.5, 0.6) is 0 Å². The number of unbranched alkanes of at least 4 members (excludes halogenated alkanes) is 1. The Morgan fingerprint density at radius 3 is 1.89 bits per heavy atom. The molecule has 5 N–H and O–H groups in total. The van der Waals surface area contributed by atoms with Gasteiger partial charge in [-0.15, -0.1) is 0 Å². The van der Waals surface area contributed by atoms with Crippen molar-refractivity contribution in [2.45, 2.75) is 76.6 Å². The Morgan fingerprint density at radius 2 is 1.39 bits per heavy atom. The lowest BCUT2D eigenvalue weighted by Gasteiger charge is -2.25. The average Bonchev–Trinajstić information content (AvgIpc) is 2.87. The van der Waals surface area contributed by atoms with Gasteiger partial charge in [0.25, 0.3) is 0 Å². The van der Waals surface area contributed by atoms with E-state index >= 15 is 0 Å². The van der Waals surface area contributed by atoms with Crippen LogP contribution in [0.25, 0.3) is 0 Å². The molecule has 206 valence electrons. The van der Waals surface area contributed by atoms with Crippen LogP contribution in [0.2, 0.25) is 0 Å². The summed E-state index contributed by atoms with van der Waals surface area (Å²) in [5.74, 6) is -1.26. The number of benzene rings is 2. The number of carbonyl (C=O) groups excluding carboxylic acids is 4. The lowest BCUT2D eigenvalue weighted by Crippen LogP contribution is -2.56. The zero-order chi connectivity index (χ0) is 28.0. The van der Waals surface area contributed by atoms with Gasteiger partial charge in [0, 0.05) is 6.42 Å². The Bertz CT molecular complexity index is 1020. The van der Waals surface area contributed by atoms with Crippen molar-refractivity contribution in [3.63, 3.8) is 0 Å². The van der Waals surface area contributed by atoms with Gasteiger partial charge in [-0.25, -0.2) is 4.79 Å². The molecule has 9 nitrogen and oxygen atoms in total. The fourth-order valence-electron chi connectivity index (χ4n) is 3.84. The van der Waals surface area contributed by atoms with Gasteiger partial charge in [0.05, 0.1) is 12.1 Å². The number of hydrogen-bond acceptors (Lipinski definition) is 7. The number of nitrogens with two attached hydrogens (primary N) is 1. The molecule has 2 aromatic rings. The summed E-state index contributed by atoms with van der Waals surface area (Å²) < 4.78 is 5.33. The van der Waals surface area contributed by atoms with E-state index < -0.39 is 41.6 Å². The predicted molar refractivity (Wildman–Crippen MR) is 146 cm³/mol. The Labute approximate surface area is 224 Å². The van der Waals surface area contributed by atoms with Crippen LogP contribution >= 0.6 is 0 Å². The molecule has 0 saturated carbocycles. The first-order valence-corrected chi connectivity index (χ1v) is 12.9. The molecule has 0 aliphatic heterocycles. The number of rotatable bonds is 14. The highest BCUT2D eigenvalue weighted by Crippen LogP contribution is 2.10. The molecule has 0 aliphatic rings. The largest absolute Gasteiger partial charge is 0.444 e. The summed E-state index contributed by atoms with van der Waals surface area (Å²) in [6.07, 6.45) is 2.44. The van der Waals surface area contributed by atoms with Crippen LogP contribution in [0.3, 0.4) is 0 Å². The molecule has 3 amide bonds. The maximum Gasteiger partial charge on any atom is 0.408 e. The molecule has 0 aromatic heterocycles.